The van der Waals surface area contributed by atoms with Crippen molar-refractivity contribution in [2.75, 3.05) is 19.7 Å². The first-order valence-corrected chi connectivity index (χ1v) is 7.89. The van der Waals surface area contributed by atoms with Crippen LogP contribution in [0.3, 0.4) is 0 Å². The molecule has 1 N–H and O–H groups in total. The van der Waals surface area contributed by atoms with E-state index in [-0.39, 0.29) is 12.5 Å². The Bertz CT molecular complexity index is 573. The van der Waals surface area contributed by atoms with E-state index in [1.807, 2.05) is 6.07 Å². The number of carbonyl (C=O) groups excluding carboxylic acids is 1. The van der Waals surface area contributed by atoms with Gasteiger partial charge in [0, 0.05) is 0 Å². The van der Waals surface area contributed by atoms with Crippen LogP contribution in [0.5, 0.6) is 5.75 Å². The number of fused-ring (bicyclic) bond motifs is 1. The van der Waals surface area contributed by atoms with Gasteiger partial charge in [-0.15, -0.1) is 0 Å². The minimum absolute atomic E-state index is 0.0270. The van der Waals surface area contributed by atoms with Crippen molar-refractivity contribution in [1.82, 2.24) is 4.90 Å². The molecule has 0 radical (unpaired) electrons. The Morgan fingerprint density at radius 3 is 2.81 bits per heavy atom. The standard InChI is InChI=1S/C17H21NO3/c19-16(18-10-17(20,11-18)14-5-6-14)9-21-15-7-4-12-2-1-3-13(12)8-15/h4,7-8,14,20H,1-3,5-6,9-11H2. The largest absolute Gasteiger partial charge is 0.484 e. The molecule has 2 aliphatic carbocycles. The monoisotopic (exact) mass is 287 g/mol. The predicted molar refractivity (Wildman–Crippen MR) is 78.2 cm³/mol. The second kappa shape index (κ2) is 4.73. The molecule has 21 heavy (non-hydrogen) atoms. The van der Waals surface area contributed by atoms with Gasteiger partial charge >= 0.3 is 0 Å². The van der Waals surface area contributed by atoms with Crippen molar-refractivity contribution >= 4 is 5.91 Å². The van der Waals surface area contributed by atoms with Crippen LogP contribution < -0.4 is 4.74 Å². The maximum absolute atomic E-state index is 12.1. The first kappa shape index (κ1) is 13.1. The van der Waals surface area contributed by atoms with Crippen LogP contribution in [0.4, 0.5) is 0 Å². The van der Waals surface area contributed by atoms with Crippen LogP contribution in [0.25, 0.3) is 0 Å². The minimum Gasteiger partial charge on any atom is -0.484 e. The Balaban J connectivity index is 1.30. The predicted octanol–water partition coefficient (Wildman–Crippen LogP) is 1.54. The van der Waals surface area contributed by atoms with Crippen LogP contribution in [-0.4, -0.2) is 41.2 Å². The zero-order valence-corrected chi connectivity index (χ0v) is 12.2. The third kappa shape index (κ3) is 2.42. The lowest BCUT2D eigenvalue weighted by atomic mass is 9.89. The fraction of sp³-hybridized carbons (Fsp3) is 0.588. The van der Waals surface area contributed by atoms with Crippen molar-refractivity contribution in [2.24, 2.45) is 5.92 Å². The number of carbonyl (C=O) groups is 1. The van der Waals surface area contributed by atoms with Gasteiger partial charge in [0.2, 0.25) is 0 Å². The van der Waals surface area contributed by atoms with Gasteiger partial charge in [0.05, 0.1) is 13.1 Å². The van der Waals surface area contributed by atoms with E-state index in [0.717, 1.165) is 31.4 Å². The van der Waals surface area contributed by atoms with Gasteiger partial charge in [0.25, 0.3) is 5.91 Å². The number of rotatable bonds is 4. The topological polar surface area (TPSA) is 49.8 Å². The Hall–Kier alpha value is -1.55. The molecule has 4 heteroatoms. The summed E-state index contributed by atoms with van der Waals surface area (Å²) in [6.45, 7) is 1.02. The number of hydrogen-bond acceptors (Lipinski definition) is 3. The Labute approximate surface area is 124 Å². The third-order valence-electron chi connectivity index (χ3n) is 5.05. The van der Waals surface area contributed by atoms with Gasteiger partial charge in [0.1, 0.15) is 11.4 Å². The molecule has 4 nitrogen and oxygen atoms in total. The number of nitrogens with zero attached hydrogens (tertiary/aromatic N) is 1. The maximum atomic E-state index is 12.1. The molecule has 1 saturated heterocycles. The number of hydrogen-bond donors (Lipinski definition) is 1. The Morgan fingerprint density at radius 1 is 1.29 bits per heavy atom. The summed E-state index contributed by atoms with van der Waals surface area (Å²) >= 11 is 0. The average Bonchev–Trinajstić information content (AvgIpc) is 3.20. The van der Waals surface area contributed by atoms with Gasteiger partial charge < -0.3 is 14.7 Å². The molecule has 4 rings (SSSR count). The molecule has 2 fully saturated rings. The summed E-state index contributed by atoms with van der Waals surface area (Å²) in [5.41, 5.74) is 2.15. The molecule has 1 aromatic rings. The van der Waals surface area contributed by atoms with Gasteiger partial charge in [-0.2, -0.15) is 0 Å². The van der Waals surface area contributed by atoms with Gasteiger partial charge in [-0.25, -0.2) is 0 Å². The normalized spacial score (nSPS) is 22.6. The summed E-state index contributed by atoms with van der Waals surface area (Å²) < 4.78 is 5.62. The van der Waals surface area contributed by atoms with Crippen LogP contribution >= 0.6 is 0 Å². The van der Waals surface area contributed by atoms with Crippen LogP contribution in [0, 0.1) is 5.92 Å². The lowest BCUT2D eigenvalue weighted by Crippen LogP contribution is -2.65. The van der Waals surface area contributed by atoms with E-state index in [2.05, 4.69) is 12.1 Å². The first-order chi connectivity index (χ1) is 10.1. The molecule has 0 spiro atoms. The van der Waals surface area contributed by atoms with Crippen molar-refractivity contribution in [3.63, 3.8) is 0 Å². The van der Waals surface area contributed by atoms with Gasteiger partial charge in [-0.1, -0.05) is 6.07 Å². The van der Waals surface area contributed by atoms with E-state index in [4.69, 9.17) is 4.74 Å². The zero-order chi connectivity index (χ0) is 14.4. The molecule has 1 amide bonds. The lowest BCUT2D eigenvalue weighted by Gasteiger charge is -2.46. The van der Waals surface area contributed by atoms with Gasteiger partial charge in [-0.3, -0.25) is 4.79 Å². The van der Waals surface area contributed by atoms with Gasteiger partial charge in [-0.05, 0) is 61.3 Å². The molecule has 1 saturated carbocycles. The molecule has 0 unspecified atom stereocenters. The average molecular weight is 287 g/mol. The molecule has 1 heterocycles. The van der Waals surface area contributed by atoms with Crippen molar-refractivity contribution in [1.29, 1.82) is 0 Å². The summed E-state index contributed by atoms with van der Waals surface area (Å²) in [5.74, 6) is 1.17. The van der Waals surface area contributed by atoms with E-state index < -0.39 is 5.60 Å². The van der Waals surface area contributed by atoms with E-state index in [9.17, 15) is 9.90 Å². The number of amides is 1. The van der Waals surface area contributed by atoms with Crippen LogP contribution in [-0.2, 0) is 17.6 Å². The molecule has 0 bridgehead atoms. The van der Waals surface area contributed by atoms with Crippen LogP contribution in [0.1, 0.15) is 30.4 Å². The Kier molecular flexibility index (Phi) is 2.96. The quantitative estimate of drug-likeness (QED) is 0.914. The highest BCUT2D eigenvalue weighted by Crippen LogP contribution is 2.44. The maximum Gasteiger partial charge on any atom is 0.260 e. The zero-order valence-electron chi connectivity index (χ0n) is 12.2. The highest BCUT2D eigenvalue weighted by molar-refractivity contribution is 5.79. The molecule has 112 valence electrons. The number of β-amino-alcohol motifs (C(OH)–C–C–N with tert-alkyl or cyclic N) is 1. The van der Waals surface area contributed by atoms with Crippen molar-refractivity contribution < 1.29 is 14.6 Å². The van der Waals surface area contributed by atoms with E-state index in [1.165, 1.54) is 17.5 Å². The van der Waals surface area contributed by atoms with Crippen molar-refractivity contribution in [2.45, 2.75) is 37.7 Å². The summed E-state index contributed by atoms with van der Waals surface area (Å²) in [5, 5.41) is 10.2. The number of ether oxygens (including phenoxy) is 1. The highest BCUT2D eigenvalue weighted by atomic mass is 16.5. The highest BCUT2D eigenvalue weighted by Gasteiger charge is 2.53. The summed E-state index contributed by atoms with van der Waals surface area (Å²) in [4.78, 5) is 13.8. The van der Waals surface area contributed by atoms with E-state index in [1.54, 1.807) is 4.90 Å². The van der Waals surface area contributed by atoms with Gasteiger partial charge in [0.15, 0.2) is 6.61 Å². The Morgan fingerprint density at radius 2 is 2.05 bits per heavy atom. The molecule has 1 aliphatic heterocycles. The molecular formula is C17H21NO3. The molecule has 0 atom stereocenters. The number of aryl methyl sites for hydroxylation is 2. The minimum atomic E-state index is -0.608. The molecule has 3 aliphatic rings. The van der Waals surface area contributed by atoms with Crippen LogP contribution in [0.2, 0.25) is 0 Å². The second-order valence-corrected chi connectivity index (χ2v) is 6.70. The smallest absolute Gasteiger partial charge is 0.260 e. The summed E-state index contributed by atoms with van der Waals surface area (Å²) in [6.07, 6.45) is 5.68. The fourth-order valence-corrected chi connectivity index (χ4v) is 3.54. The lowest BCUT2D eigenvalue weighted by molar-refractivity contribution is -0.161. The number of likely N-dealkylation sites (tertiary alicyclic amines) is 1. The van der Waals surface area contributed by atoms with Crippen molar-refractivity contribution in [3.8, 4) is 5.75 Å². The molecule has 0 aromatic heterocycles. The molecular weight excluding hydrogens is 266 g/mol. The van der Waals surface area contributed by atoms with Crippen LogP contribution in [0.15, 0.2) is 18.2 Å². The summed E-state index contributed by atoms with van der Waals surface area (Å²) in [6, 6.07) is 6.12. The first-order valence-electron chi connectivity index (χ1n) is 7.89. The van der Waals surface area contributed by atoms with E-state index in [0.29, 0.717) is 19.0 Å². The summed E-state index contributed by atoms with van der Waals surface area (Å²) in [7, 11) is 0. The fourth-order valence-electron chi connectivity index (χ4n) is 3.54. The molecule has 1 aromatic carbocycles. The van der Waals surface area contributed by atoms with Crippen molar-refractivity contribution in [3.05, 3.63) is 29.3 Å². The number of benzene rings is 1. The van der Waals surface area contributed by atoms with E-state index >= 15 is 0 Å². The SMILES string of the molecule is O=C(COc1ccc2c(c1)CCC2)N1CC(O)(C2CC2)C1. The second-order valence-electron chi connectivity index (χ2n) is 6.70. The number of aliphatic hydroxyl groups is 1. The third-order valence-corrected chi connectivity index (χ3v) is 5.05.